The summed E-state index contributed by atoms with van der Waals surface area (Å²) in [7, 11) is 2.58. The van der Waals surface area contributed by atoms with Crippen LogP contribution in [0.3, 0.4) is 0 Å². The van der Waals surface area contributed by atoms with E-state index >= 15 is 0 Å². The normalized spacial score (nSPS) is 11.6. The second-order valence-corrected chi connectivity index (χ2v) is 8.66. The van der Waals surface area contributed by atoms with Gasteiger partial charge in [-0.3, -0.25) is 14.5 Å². The Morgan fingerprint density at radius 3 is 2.25 bits per heavy atom. The van der Waals surface area contributed by atoms with Crippen LogP contribution in [0.25, 0.3) is 0 Å². The fourth-order valence-electron chi connectivity index (χ4n) is 2.39. The van der Waals surface area contributed by atoms with Crippen LogP contribution in [0.2, 0.25) is 0 Å². The van der Waals surface area contributed by atoms with Gasteiger partial charge in [0.05, 0.1) is 18.0 Å². The van der Waals surface area contributed by atoms with Gasteiger partial charge in [-0.15, -0.1) is 0 Å². The van der Waals surface area contributed by atoms with Crippen molar-refractivity contribution in [3.63, 3.8) is 0 Å². The first-order valence-corrected chi connectivity index (χ1v) is 10.3. The fraction of sp³-hybridized carbons (Fsp3) is 0.556. The van der Waals surface area contributed by atoms with Gasteiger partial charge >= 0.3 is 0 Å². The zero-order valence-corrected chi connectivity index (χ0v) is 17.7. The number of nitrogens with zero attached hydrogens (tertiary/aromatic N) is 2. The number of methoxy groups -OCH3 is 1. The predicted octanol–water partition coefficient (Wildman–Crippen LogP) is -0.362. The van der Waals surface area contributed by atoms with Gasteiger partial charge in [-0.25, -0.2) is 12.7 Å². The summed E-state index contributed by atoms with van der Waals surface area (Å²) in [5.41, 5.74) is 0.503. The summed E-state index contributed by atoms with van der Waals surface area (Å²) in [4.78, 5) is 25.7. The summed E-state index contributed by atoms with van der Waals surface area (Å²) < 4.78 is 30.8. The minimum Gasteiger partial charge on any atom is -0.385 e. The number of likely N-dealkylation sites (N-methyl/N-ethyl adjacent to an activating group) is 1. The van der Waals surface area contributed by atoms with Crippen LogP contribution in [0.1, 0.15) is 12.0 Å². The minimum atomic E-state index is -3.60. The Morgan fingerprint density at radius 1 is 1.04 bits per heavy atom. The van der Waals surface area contributed by atoms with Crippen LogP contribution in [-0.2, 0) is 30.9 Å². The lowest BCUT2D eigenvalue weighted by atomic mass is 10.2. The van der Waals surface area contributed by atoms with E-state index in [0.29, 0.717) is 18.7 Å². The Balaban J connectivity index is 2.52. The molecule has 0 aliphatic heterocycles. The number of carbonyl (C=O) groups is 2. The Hall–Kier alpha value is -2.01. The quantitative estimate of drug-likeness (QED) is 0.452. The molecule has 10 heteroatoms. The molecule has 0 aromatic heterocycles. The van der Waals surface area contributed by atoms with Crippen molar-refractivity contribution in [2.45, 2.75) is 17.9 Å². The molecule has 0 aliphatic rings. The van der Waals surface area contributed by atoms with E-state index in [1.54, 1.807) is 37.3 Å². The van der Waals surface area contributed by atoms with E-state index in [1.807, 2.05) is 0 Å². The molecule has 0 saturated carbocycles. The lowest BCUT2D eigenvalue weighted by Crippen LogP contribution is -2.41. The second-order valence-electron chi connectivity index (χ2n) is 6.54. The van der Waals surface area contributed by atoms with Crippen LogP contribution in [0, 0.1) is 0 Å². The van der Waals surface area contributed by atoms with Crippen molar-refractivity contribution in [3.05, 3.63) is 29.8 Å². The van der Waals surface area contributed by atoms with Crippen LogP contribution in [0.15, 0.2) is 29.2 Å². The zero-order valence-electron chi connectivity index (χ0n) is 16.9. The van der Waals surface area contributed by atoms with Crippen molar-refractivity contribution in [2.24, 2.45) is 0 Å². The molecule has 0 bridgehead atoms. The highest BCUT2D eigenvalue weighted by molar-refractivity contribution is 7.89. The molecule has 0 fully saturated rings. The molecule has 0 spiro atoms. The van der Waals surface area contributed by atoms with Crippen molar-refractivity contribution < 1.29 is 22.7 Å². The topological polar surface area (TPSA) is 108 Å². The van der Waals surface area contributed by atoms with Gasteiger partial charge < -0.3 is 15.4 Å². The molecule has 0 atom stereocenters. The lowest BCUT2D eigenvalue weighted by molar-refractivity contribution is -0.124. The van der Waals surface area contributed by atoms with Crippen molar-refractivity contribution in [1.29, 1.82) is 0 Å². The number of amides is 2. The van der Waals surface area contributed by atoms with Crippen LogP contribution in [0.4, 0.5) is 0 Å². The standard InChI is InChI=1S/C18H30N4O5S/c1-21(2)28(25,26)16-9-6-5-8-15(16)12-20-18(24)14-22(3)13-17(23)19-10-7-11-27-4/h5-6,8-9H,7,10-14H2,1-4H3,(H,19,23)(H,20,24). The molecule has 2 amide bonds. The number of carbonyl (C=O) groups excluding carboxylic acids is 2. The average Bonchev–Trinajstić information content (AvgIpc) is 2.63. The summed E-state index contributed by atoms with van der Waals surface area (Å²) in [6.45, 7) is 1.28. The van der Waals surface area contributed by atoms with Crippen LogP contribution >= 0.6 is 0 Å². The molecule has 0 radical (unpaired) electrons. The number of sulfonamides is 1. The number of rotatable bonds is 12. The van der Waals surface area contributed by atoms with Gasteiger partial charge in [0.1, 0.15) is 0 Å². The van der Waals surface area contributed by atoms with Crippen molar-refractivity contribution >= 4 is 21.8 Å². The summed E-state index contributed by atoms with van der Waals surface area (Å²) in [6, 6.07) is 6.53. The van der Waals surface area contributed by atoms with E-state index < -0.39 is 10.0 Å². The van der Waals surface area contributed by atoms with Crippen LogP contribution < -0.4 is 10.6 Å². The van der Waals surface area contributed by atoms with E-state index in [4.69, 9.17) is 4.74 Å². The zero-order chi connectivity index (χ0) is 21.2. The van der Waals surface area contributed by atoms with Crippen molar-refractivity contribution in [3.8, 4) is 0 Å². The first kappa shape index (κ1) is 24.0. The molecule has 9 nitrogen and oxygen atoms in total. The third-order valence-corrected chi connectivity index (χ3v) is 5.80. The van der Waals surface area contributed by atoms with Gasteiger partial charge in [-0.05, 0) is 25.1 Å². The number of nitrogens with one attached hydrogen (secondary N) is 2. The third kappa shape index (κ3) is 7.93. The van der Waals surface area contributed by atoms with Gasteiger partial charge in [-0.2, -0.15) is 0 Å². The number of benzene rings is 1. The molecule has 158 valence electrons. The summed E-state index contributed by atoms with van der Waals surface area (Å²) in [5, 5.41) is 5.45. The molecule has 0 unspecified atom stereocenters. The highest BCUT2D eigenvalue weighted by Gasteiger charge is 2.21. The highest BCUT2D eigenvalue weighted by atomic mass is 32.2. The van der Waals surface area contributed by atoms with Crippen LogP contribution in [0.5, 0.6) is 0 Å². The SMILES string of the molecule is COCCCNC(=O)CN(C)CC(=O)NCc1ccccc1S(=O)(=O)N(C)C. The molecular formula is C18H30N4O5S. The van der Waals surface area contributed by atoms with Crippen molar-refractivity contribution in [1.82, 2.24) is 19.8 Å². The predicted molar refractivity (Wildman–Crippen MR) is 106 cm³/mol. The van der Waals surface area contributed by atoms with Gasteiger partial charge in [0.2, 0.25) is 21.8 Å². The van der Waals surface area contributed by atoms with E-state index in [0.717, 1.165) is 10.7 Å². The van der Waals surface area contributed by atoms with E-state index in [2.05, 4.69) is 10.6 Å². The van der Waals surface area contributed by atoms with Gasteiger partial charge in [-0.1, -0.05) is 18.2 Å². The third-order valence-electron chi connectivity index (χ3n) is 3.88. The lowest BCUT2D eigenvalue weighted by Gasteiger charge is -2.17. The number of ether oxygens (including phenoxy) is 1. The second kappa shape index (κ2) is 11.7. The Kier molecular flexibility index (Phi) is 10.1. The maximum Gasteiger partial charge on any atom is 0.242 e. The molecule has 1 aromatic carbocycles. The molecule has 0 saturated heterocycles. The van der Waals surface area contributed by atoms with Gasteiger partial charge in [0.25, 0.3) is 0 Å². The van der Waals surface area contributed by atoms with Gasteiger partial charge in [0.15, 0.2) is 0 Å². The van der Waals surface area contributed by atoms with E-state index in [-0.39, 0.29) is 36.3 Å². The number of hydrogen-bond acceptors (Lipinski definition) is 6. The van der Waals surface area contributed by atoms with Crippen LogP contribution in [-0.4, -0.2) is 83.9 Å². The first-order valence-electron chi connectivity index (χ1n) is 8.89. The van der Waals surface area contributed by atoms with E-state index in [9.17, 15) is 18.0 Å². The molecule has 0 aliphatic carbocycles. The average molecular weight is 415 g/mol. The summed E-state index contributed by atoms with van der Waals surface area (Å²) in [5.74, 6) is -0.472. The molecule has 1 aromatic rings. The Bertz CT molecular complexity index is 752. The van der Waals surface area contributed by atoms with Gasteiger partial charge in [0, 0.05) is 40.9 Å². The molecule has 0 heterocycles. The first-order chi connectivity index (χ1) is 13.2. The maximum absolute atomic E-state index is 12.4. The largest absolute Gasteiger partial charge is 0.385 e. The molecule has 1 rings (SSSR count). The smallest absolute Gasteiger partial charge is 0.242 e. The maximum atomic E-state index is 12.4. The summed E-state index contributed by atoms with van der Waals surface area (Å²) in [6.07, 6.45) is 0.724. The van der Waals surface area contributed by atoms with E-state index in [1.165, 1.54) is 20.2 Å². The monoisotopic (exact) mass is 414 g/mol. The molecule has 2 N–H and O–H groups in total. The molecule has 28 heavy (non-hydrogen) atoms. The minimum absolute atomic E-state index is 0.0219. The fourth-order valence-corrected chi connectivity index (χ4v) is 3.51. The summed E-state index contributed by atoms with van der Waals surface area (Å²) >= 11 is 0. The Morgan fingerprint density at radius 2 is 1.64 bits per heavy atom. The highest BCUT2D eigenvalue weighted by Crippen LogP contribution is 2.18. The Labute approximate surface area is 167 Å². The van der Waals surface area contributed by atoms with Crippen molar-refractivity contribution in [2.75, 3.05) is 54.5 Å². The molecular weight excluding hydrogens is 384 g/mol. The number of hydrogen-bond donors (Lipinski definition) is 2.